The summed E-state index contributed by atoms with van der Waals surface area (Å²) >= 11 is 3.96. The van der Waals surface area contributed by atoms with Crippen LogP contribution >= 0.6 is 12.6 Å². The number of thiol groups is 1. The van der Waals surface area contributed by atoms with E-state index in [2.05, 4.69) is 17.6 Å². The van der Waals surface area contributed by atoms with Crippen LogP contribution in [-0.4, -0.2) is 10.1 Å². The molecule has 0 aliphatic carbocycles. The minimum absolute atomic E-state index is 0.126. The fourth-order valence-corrected chi connectivity index (χ4v) is 0.916. The molecule has 0 fully saturated rings. The largest absolute Gasteiger partial charge is 0.390 e. The second-order valence-corrected chi connectivity index (χ2v) is 2.37. The molecule has 0 atom stereocenters. The van der Waals surface area contributed by atoms with Crippen molar-refractivity contribution >= 4 is 12.6 Å². The lowest BCUT2D eigenvalue weighted by Crippen LogP contribution is -1.91. The Morgan fingerprint density at radius 1 is 1.64 bits per heavy atom. The van der Waals surface area contributed by atoms with Crippen molar-refractivity contribution < 1.29 is 5.11 Å². The Kier molecular flexibility index (Phi) is 2.47. The monoisotopic (exact) mass is 166 g/mol. The molecule has 0 aromatic carbocycles. The van der Waals surface area contributed by atoms with Crippen molar-refractivity contribution in [1.82, 2.24) is 4.98 Å². The van der Waals surface area contributed by atoms with E-state index in [4.69, 9.17) is 10.4 Å². The molecule has 0 saturated heterocycles. The van der Waals surface area contributed by atoms with Crippen LogP contribution in [0.25, 0.3) is 0 Å². The Morgan fingerprint density at radius 3 is 2.82 bits per heavy atom. The molecule has 1 N–H and O–H groups in total. The maximum atomic E-state index is 8.65. The van der Waals surface area contributed by atoms with Crippen LogP contribution in [0.1, 0.15) is 11.3 Å². The number of hydrogen-bond acceptors (Lipinski definition) is 4. The number of pyridine rings is 1. The fourth-order valence-electron chi connectivity index (χ4n) is 0.663. The van der Waals surface area contributed by atoms with E-state index < -0.39 is 0 Å². The number of hydrogen-bond donors (Lipinski definition) is 2. The van der Waals surface area contributed by atoms with E-state index in [1.165, 1.54) is 0 Å². The second-order valence-electron chi connectivity index (χ2n) is 1.94. The molecule has 0 saturated carbocycles. The van der Waals surface area contributed by atoms with Crippen LogP contribution in [0.4, 0.5) is 0 Å². The second kappa shape index (κ2) is 3.37. The van der Waals surface area contributed by atoms with E-state index in [9.17, 15) is 0 Å². The van der Waals surface area contributed by atoms with Crippen molar-refractivity contribution in [1.29, 1.82) is 5.26 Å². The highest BCUT2D eigenvalue weighted by atomic mass is 32.1. The van der Waals surface area contributed by atoms with Gasteiger partial charge in [-0.1, -0.05) is 0 Å². The quantitative estimate of drug-likeness (QED) is 0.605. The normalized spacial score (nSPS) is 9.18. The molecule has 0 aliphatic heterocycles. The first kappa shape index (κ1) is 8.05. The van der Waals surface area contributed by atoms with Crippen LogP contribution in [0, 0.1) is 11.3 Å². The molecule has 0 spiro atoms. The van der Waals surface area contributed by atoms with Crippen molar-refractivity contribution in [2.24, 2.45) is 0 Å². The van der Waals surface area contributed by atoms with Gasteiger partial charge in [0.2, 0.25) is 0 Å². The zero-order valence-corrected chi connectivity index (χ0v) is 6.55. The van der Waals surface area contributed by atoms with Gasteiger partial charge < -0.3 is 5.11 Å². The number of nitriles is 1. The zero-order chi connectivity index (χ0) is 8.27. The predicted octanol–water partition coefficient (Wildman–Crippen LogP) is 0.734. The maximum Gasteiger partial charge on any atom is 0.111 e. The predicted molar refractivity (Wildman–Crippen MR) is 42.1 cm³/mol. The summed E-state index contributed by atoms with van der Waals surface area (Å²) in [5, 5.41) is 17.5. The van der Waals surface area contributed by atoms with Crippen LogP contribution in [0.3, 0.4) is 0 Å². The van der Waals surface area contributed by atoms with E-state index in [0.29, 0.717) is 16.3 Å². The van der Waals surface area contributed by atoms with Crippen molar-refractivity contribution in [3.63, 3.8) is 0 Å². The van der Waals surface area contributed by atoms with E-state index in [0.717, 1.165) is 0 Å². The van der Waals surface area contributed by atoms with Crippen LogP contribution in [0.15, 0.2) is 17.2 Å². The van der Waals surface area contributed by atoms with E-state index in [-0.39, 0.29) is 6.61 Å². The van der Waals surface area contributed by atoms with Crippen molar-refractivity contribution in [2.45, 2.75) is 11.6 Å². The van der Waals surface area contributed by atoms with Crippen LogP contribution in [-0.2, 0) is 6.61 Å². The van der Waals surface area contributed by atoms with Gasteiger partial charge in [0, 0.05) is 0 Å². The van der Waals surface area contributed by atoms with Crippen molar-refractivity contribution in [3.8, 4) is 6.07 Å². The van der Waals surface area contributed by atoms with E-state index in [1.807, 2.05) is 6.07 Å². The Hall–Kier alpha value is -1.05. The summed E-state index contributed by atoms with van der Waals surface area (Å²) < 4.78 is 0. The van der Waals surface area contributed by atoms with Gasteiger partial charge in [0.05, 0.1) is 17.9 Å². The maximum absolute atomic E-state index is 8.65. The van der Waals surface area contributed by atoms with Gasteiger partial charge in [0.25, 0.3) is 0 Å². The first-order chi connectivity index (χ1) is 5.27. The van der Waals surface area contributed by atoms with Gasteiger partial charge in [-0.05, 0) is 12.1 Å². The van der Waals surface area contributed by atoms with E-state index >= 15 is 0 Å². The van der Waals surface area contributed by atoms with Gasteiger partial charge in [-0.25, -0.2) is 4.98 Å². The number of aliphatic hydroxyl groups excluding tert-OH is 1. The summed E-state index contributed by atoms with van der Waals surface area (Å²) in [7, 11) is 0. The Balaban J connectivity index is 3.12. The Bertz CT molecular complexity index is 306. The molecule has 1 heterocycles. The lowest BCUT2D eigenvalue weighted by Gasteiger charge is -1.97. The van der Waals surface area contributed by atoms with Gasteiger partial charge in [0.1, 0.15) is 11.1 Å². The SMILES string of the molecule is N#Cc1ccc(CO)nc1S. The zero-order valence-electron chi connectivity index (χ0n) is 5.65. The third kappa shape index (κ3) is 1.70. The molecular formula is C7H6N2OS. The van der Waals surface area contributed by atoms with Gasteiger partial charge in [-0.15, -0.1) is 12.6 Å². The Morgan fingerprint density at radius 2 is 2.36 bits per heavy atom. The van der Waals surface area contributed by atoms with Gasteiger partial charge in [-0.2, -0.15) is 5.26 Å². The number of aromatic nitrogens is 1. The molecule has 0 aliphatic rings. The molecule has 0 amide bonds. The summed E-state index contributed by atoms with van der Waals surface area (Å²) in [5.41, 5.74) is 0.944. The van der Waals surface area contributed by atoms with Gasteiger partial charge in [0.15, 0.2) is 0 Å². The molecule has 0 radical (unpaired) electrons. The number of rotatable bonds is 1. The fraction of sp³-hybridized carbons (Fsp3) is 0.143. The standard InChI is InChI=1S/C7H6N2OS/c8-3-5-1-2-6(4-10)9-7(5)11/h1-2,10H,4H2,(H,9,11). The third-order valence-electron chi connectivity index (χ3n) is 1.22. The average Bonchev–Trinajstić information content (AvgIpc) is 2.04. The summed E-state index contributed by atoms with van der Waals surface area (Å²) in [6.45, 7) is -0.126. The molecule has 0 unspecified atom stereocenters. The third-order valence-corrected chi connectivity index (χ3v) is 1.56. The lowest BCUT2D eigenvalue weighted by atomic mass is 10.3. The summed E-state index contributed by atoms with van der Waals surface area (Å²) in [5.74, 6) is 0. The molecule has 11 heavy (non-hydrogen) atoms. The highest BCUT2D eigenvalue weighted by Gasteiger charge is 1.99. The first-order valence-electron chi connectivity index (χ1n) is 2.97. The topological polar surface area (TPSA) is 56.9 Å². The molecule has 1 aromatic heterocycles. The molecular weight excluding hydrogens is 160 g/mol. The Labute approximate surface area is 69.7 Å². The molecule has 1 aromatic rings. The number of aliphatic hydroxyl groups is 1. The van der Waals surface area contributed by atoms with Crippen LogP contribution < -0.4 is 0 Å². The van der Waals surface area contributed by atoms with Gasteiger partial charge >= 0.3 is 0 Å². The van der Waals surface area contributed by atoms with Crippen LogP contribution in [0.2, 0.25) is 0 Å². The van der Waals surface area contributed by atoms with Crippen molar-refractivity contribution in [2.75, 3.05) is 0 Å². The highest BCUT2D eigenvalue weighted by molar-refractivity contribution is 7.80. The summed E-state index contributed by atoms with van der Waals surface area (Å²) in [4.78, 5) is 3.85. The molecule has 1 rings (SSSR count). The molecule has 0 bridgehead atoms. The first-order valence-corrected chi connectivity index (χ1v) is 3.42. The summed E-state index contributed by atoms with van der Waals surface area (Å²) in [6, 6.07) is 5.11. The van der Waals surface area contributed by atoms with Crippen LogP contribution in [0.5, 0.6) is 0 Å². The van der Waals surface area contributed by atoms with Crippen molar-refractivity contribution in [3.05, 3.63) is 23.4 Å². The highest BCUT2D eigenvalue weighted by Crippen LogP contribution is 2.10. The summed E-state index contributed by atoms with van der Waals surface area (Å²) in [6.07, 6.45) is 0. The van der Waals surface area contributed by atoms with E-state index in [1.54, 1.807) is 12.1 Å². The molecule has 3 nitrogen and oxygen atoms in total. The minimum Gasteiger partial charge on any atom is -0.390 e. The number of nitrogens with zero attached hydrogens (tertiary/aromatic N) is 2. The lowest BCUT2D eigenvalue weighted by molar-refractivity contribution is 0.276. The van der Waals surface area contributed by atoms with Gasteiger partial charge in [-0.3, -0.25) is 0 Å². The molecule has 4 heteroatoms. The smallest absolute Gasteiger partial charge is 0.111 e. The molecule has 56 valence electrons. The average molecular weight is 166 g/mol. The minimum atomic E-state index is -0.126.